The largest absolute Gasteiger partial charge is 0.489 e. The van der Waals surface area contributed by atoms with E-state index in [1.165, 1.54) is 0 Å². The van der Waals surface area contributed by atoms with Crippen molar-refractivity contribution in [1.29, 1.82) is 0 Å². The van der Waals surface area contributed by atoms with Crippen LogP contribution in [0.4, 0.5) is 0 Å². The number of aliphatic hydroxyl groups is 1. The lowest BCUT2D eigenvalue weighted by Crippen LogP contribution is -2.35. The summed E-state index contributed by atoms with van der Waals surface area (Å²) in [6.45, 7) is 2.60. The number of rotatable bonds is 5. The second-order valence-corrected chi connectivity index (χ2v) is 6.47. The van der Waals surface area contributed by atoms with E-state index in [-0.39, 0.29) is 6.61 Å². The van der Waals surface area contributed by atoms with Gasteiger partial charge >= 0.3 is 0 Å². The molecule has 27 heavy (non-hydrogen) atoms. The SMILES string of the molecule is Cc1ncccc1OC1COc2ccc(OCc3ccccc3)cc2C1O. The van der Waals surface area contributed by atoms with Gasteiger partial charge in [0.25, 0.3) is 0 Å². The molecule has 0 saturated carbocycles. The first-order chi connectivity index (χ1) is 13.2. The molecule has 5 nitrogen and oxygen atoms in total. The quantitative estimate of drug-likeness (QED) is 0.746. The van der Waals surface area contributed by atoms with Gasteiger partial charge in [0.15, 0.2) is 6.10 Å². The number of aromatic nitrogens is 1. The number of hydrogen-bond donors (Lipinski definition) is 1. The molecule has 4 rings (SSSR count). The highest BCUT2D eigenvalue weighted by atomic mass is 16.5. The third-order valence-electron chi connectivity index (χ3n) is 4.54. The average molecular weight is 363 g/mol. The molecular formula is C22H21NO4. The lowest BCUT2D eigenvalue weighted by Gasteiger charge is -2.31. The maximum Gasteiger partial charge on any atom is 0.163 e. The number of aryl methyl sites for hydroxylation is 1. The first-order valence-electron chi connectivity index (χ1n) is 8.90. The van der Waals surface area contributed by atoms with Crippen LogP contribution in [0, 0.1) is 6.92 Å². The summed E-state index contributed by atoms with van der Waals surface area (Å²) in [6.07, 6.45) is 0.389. The van der Waals surface area contributed by atoms with Gasteiger partial charge in [-0.05, 0) is 42.8 Å². The molecule has 138 valence electrons. The minimum absolute atomic E-state index is 0.271. The molecule has 1 aromatic heterocycles. The Bertz CT molecular complexity index is 913. The van der Waals surface area contributed by atoms with Gasteiger partial charge in [-0.25, -0.2) is 0 Å². The standard InChI is InChI=1S/C22H21NO4/c1-15-19(8-5-11-23-15)27-21-14-26-20-10-9-17(12-18(20)22(21)24)25-13-16-6-3-2-4-7-16/h2-12,21-22,24H,13-14H2,1H3. The molecule has 1 aliphatic rings. The molecule has 2 unspecified atom stereocenters. The van der Waals surface area contributed by atoms with Gasteiger partial charge in [-0.1, -0.05) is 30.3 Å². The summed E-state index contributed by atoms with van der Waals surface area (Å²) in [5.41, 5.74) is 2.52. The summed E-state index contributed by atoms with van der Waals surface area (Å²) < 4.78 is 17.6. The predicted molar refractivity (Wildman–Crippen MR) is 101 cm³/mol. The molecule has 5 heteroatoms. The van der Waals surface area contributed by atoms with Crippen molar-refractivity contribution in [3.63, 3.8) is 0 Å². The van der Waals surface area contributed by atoms with Crippen LogP contribution in [0.5, 0.6) is 17.2 Å². The lowest BCUT2D eigenvalue weighted by molar-refractivity contribution is -0.0109. The van der Waals surface area contributed by atoms with Crippen molar-refractivity contribution >= 4 is 0 Å². The fraction of sp³-hybridized carbons (Fsp3) is 0.227. The van der Waals surface area contributed by atoms with E-state index in [1.807, 2.05) is 67.6 Å². The molecule has 3 aromatic rings. The molecule has 0 amide bonds. The van der Waals surface area contributed by atoms with Crippen molar-refractivity contribution in [3.05, 3.63) is 83.7 Å². The minimum atomic E-state index is -0.811. The number of ether oxygens (including phenoxy) is 3. The molecule has 0 spiro atoms. The molecule has 0 saturated heterocycles. The fourth-order valence-corrected chi connectivity index (χ4v) is 3.04. The van der Waals surface area contributed by atoms with Crippen LogP contribution >= 0.6 is 0 Å². The van der Waals surface area contributed by atoms with E-state index in [2.05, 4.69) is 4.98 Å². The Morgan fingerprint density at radius 1 is 1.11 bits per heavy atom. The van der Waals surface area contributed by atoms with Crippen LogP contribution in [0.2, 0.25) is 0 Å². The van der Waals surface area contributed by atoms with Crippen LogP contribution < -0.4 is 14.2 Å². The molecule has 1 N–H and O–H groups in total. The highest BCUT2D eigenvalue weighted by Gasteiger charge is 2.32. The second kappa shape index (κ2) is 7.68. The van der Waals surface area contributed by atoms with E-state index in [1.54, 1.807) is 6.20 Å². The van der Waals surface area contributed by atoms with Gasteiger partial charge in [0, 0.05) is 11.8 Å². The molecule has 0 radical (unpaired) electrons. The zero-order chi connectivity index (χ0) is 18.6. The monoisotopic (exact) mass is 363 g/mol. The number of benzene rings is 2. The van der Waals surface area contributed by atoms with Crippen LogP contribution in [-0.4, -0.2) is 22.8 Å². The Kier molecular flexibility index (Phi) is 4.94. The number of hydrogen-bond acceptors (Lipinski definition) is 5. The van der Waals surface area contributed by atoms with Crippen molar-refractivity contribution < 1.29 is 19.3 Å². The average Bonchev–Trinajstić information content (AvgIpc) is 2.71. The van der Waals surface area contributed by atoms with Gasteiger partial charge < -0.3 is 19.3 Å². The fourth-order valence-electron chi connectivity index (χ4n) is 3.04. The normalized spacial score (nSPS) is 18.3. The van der Waals surface area contributed by atoms with Gasteiger partial charge in [-0.15, -0.1) is 0 Å². The summed E-state index contributed by atoms with van der Waals surface area (Å²) in [5.74, 6) is 1.97. The first kappa shape index (κ1) is 17.4. The Labute approximate surface area is 158 Å². The molecule has 0 aliphatic carbocycles. The second-order valence-electron chi connectivity index (χ2n) is 6.47. The number of pyridine rings is 1. The molecule has 2 atom stereocenters. The third-order valence-corrected chi connectivity index (χ3v) is 4.54. The van der Waals surface area contributed by atoms with Crippen molar-refractivity contribution in [3.8, 4) is 17.2 Å². The van der Waals surface area contributed by atoms with E-state index in [0.717, 1.165) is 11.3 Å². The van der Waals surface area contributed by atoms with Crippen molar-refractivity contribution in [1.82, 2.24) is 4.98 Å². The van der Waals surface area contributed by atoms with E-state index in [9.17, 15) is 5.11 Å². The zero-order valence-electron chi connectivity index (χ0n) is 15.0. The predicted octanol–water partition coefficient (Wildman–Crippen LogP) is 3.84. The van der Waals surface area contributed by atoms with Crippen LogP contribution in [0.25, 0.3) is 0 Å². The van der Waals surface area contributed by atoms with E-state index >= 15 is 0 Å². The van der Waals surface area contributed by atoms with Gasteiger partial charge in [0.2, 0.25) is 0 Å². The number of nitrogens with zero attached hydrogens (tertiary/aromatic N) is 1. The minimum Gasteiger partial charge on any atom is -0.489 e. The molecule has 2 heterocycles. The van der Waals surface area contributed by atoms with E-state index < -0.39 is 12.2 Å². The number of fused-ring (bicyclic) bond motifs is 1. The maximum atomic E-state index is 10.8. The number of aliphatic hydroxyl groups excluding tert-OH is 1. The highest BCUT2D eigenvalue weighted by molar-refractivity contribution is 5.43. The Hall–Kier alpha value is -3.05. The molecule has 2 aromatic carbocycles. The zero-order valence-corrected chi connectivity index (χ0v) is 15.0. The Morgan fingerprint density at radius 2 is 1.96 bits per heavy atom. The summed E-state index contributed by atoms with van der Waals surface area (Å²) >= 11 is 0. The molecule has 0 bridgehead atoms. The summed E-state index contributed by atoms with van der Waals surface area (Å²) in [5, 5.41) is 10.8. The van der Waals surface area contributed by atoms with Crippen LogP contribution in [0.15, 0.2) is 66.9 Å². The van der Waals surface area contributed by atoms with Crippen LogP contribution in [-0.2, 0) is 6.61 Å². The van der Waals surface area contributed by atoms with Gasteiger partial charge in [0.1, 0.15) is 36.6 Å². The molecular weight excluding hydrogens is 342 g/mol. The molecule has 0 fully saturated rings. The smallest absolute Gasteiger partial charge is 0.163 e. The van der Waals surface area contributed by atoms with Gasteiger partial charge in [-0.3, -0.25) is 4.98 Å². The Balaban J connectivity index is 1.49. The first-order valence-corrected chi connectivity index (χ1v) is 8.90. The lowest BCUT2D eigenvalue weighted by atomic mass is 10.0. The summed E-state index contributed by atoms with van der Waals surface area (Å²) in [6, 6.07) is 19.1. The van der Waals surface area contributed by atoms with Gasteiger partial charge in [0.05, 0.1) is 5.69 Å². The molecule has 1 aliphatic heterocycles. The van der Waals surface area contributed by atoms with E-state index in [4.69, 9.17) is 14.2 Å². The van der Waals surface area contributed by atoms with Crippen molar-refractivity contribution in [2.75, 3.05) is 6.61 Å². The topological polar surface area (TPSA) is 60.8 Å². The van der Waals surface area contributed by atoms with Crippen molar-refractivity contribution in [2.45, 2.75) is 25.7 Å². The van der Waals surface area contributed by atoms with E-state index in [0.29, 0.717) is 29.4 Å². The maximum absolute atomic E-state index is 10.8. The van der Waals surface area contributed by atoms with Gasteiger partial charge in [-0.2, -0.15) is 0 Å². The Morgan fingerprint density at radius 3 is 2.78 bits per heavy atom. The third kappa shape index (κ3) is 3.88. The van der Waals surface area contributed by atoms with Crippen LogP contribution in [0.3, 0.4) is 0 Å². The summed E-state index contributed by atoms with van der Waals surface area (Å²) in [4.78, 5) is 4.21. The van der Waals surface area contributed by atoms with Crippen LogP contribution in [0.1, 0.15) is 22.9 Å². The summed E-state index contributed by atoms with van der Waals surface area (Å²) in [7, 11) is 0. The highest BCUT2D eigenvalue weighted by Crippen LogP contribution is 2.36. The van der Waals surface area contributed by atoms with Crippen molar-refractivity contribution in [2.24, 2.45) is 0 Å².